The fraction of sp³-hybridized carbons (Fsp3) is 0.200. The first kappa shape index (κ1) is 19.7. The minimum atomic E-state index is -0.0149. The molecule has 2 aromatic carbocycles. The average molecular weight is 399 g/mol. The van der Waals surface area contributed by atoms with E-state index in [4.69, 9.17) is 4.74 Å². The number of ether oxygens (including phenoxy) is 1. The summed E-state index contributed by atoms with van der Waals surface area (Å²) in [6.07, 6.45) is 4.92. The van der Waals surface area contributed by atoms with E-state index in [1.165, 1.54) is 0 Å². The van der Waals surface area contributed by atoms with E-state index in [9.17, 15) is 4.79 Å². The molecule has 0 saturated heterocycles. The predicted octanol–water partition coefficient (Wildman–Crippen LogP) is 4.12. The van der Waals surface area contributed by atoms with Crippen LogP contribution in [0, 0.1) is 6.92 Å². The molecule has 5 heteroatoms. The van der Waals surface area contributed by atoms with Gasteiger partial charge in [-0.15, -0.1) is 0 Å². The summed E-state index contributed by atoms with van der Waals surface area (Å²) in [6.45, 7) is 3.17. The number of fused-ring (bicyclic) bond motifs is 1. The van der Waals surface area contributed by atoms with Gasteiger partial charge < -0.3 is 14.5 Å². The number of carbonyl (C=O) groups excluding carboxylic acids is 1. The summed E-state index contributed by atoms with van der Waals surface area (Å²) in [5.41, 5.74) is 5.08. The van der Waals surface area contributed by atoms with Crippen molar-refractivity contribution in [3.05, 3.63) is 102 Å². The number of benzene rings is 2. The quantitative estimate of drug-likeness (QED) is 0.485. The molecule has 1 amide bonds. The highest BCUT2D eigenvalue weighted by Crippen LogP contribution is 2.15. The standard InChI is InChI=1S/C25H25N3O2/c1-19-6-5-15-28-17-22(27-25(19)28)16-24(29)26-14-13-20-9-11-23(12-10-20)30-18-21-7-3-2-4-8-21/h2-12,15,17H,13-14,16,18H2,1H3,(H,26,29). The van der Waals surface area contributed by atoms with E-state index >= 15 is 0 Å². The molecule has 0 saturated carbocycles. The Morgan fingerprint density at radius 2 is 1.80 bits per heavy atom. The van der Waals surface area contributed by atoms with Crippen LogP contribution in [0.3, 0.4) is 0 Å². The van der Waals surface area contributed by atoms with E-state index in [2.05, 4.69) is 10.3 Å². The third-order valence-corrected chi connectivity index (χ3v) is 4.98. The third kappa shape index (κ3) is 5.06. The average Bonchev–Trinajstić information content (AvgIpc) is 3.18. The molecule has 30 heavy (non-hydrogen) atoms. The lowest BCUT2D eigenvalue weighted by molar-refractivity contribution is -0.120. The van der Waals surface area contributed by atoms with Gasteiger partial charge in [-0.1, -0.05) is 48.5 Å². The van der Waals surface area contributed by atoms with Crippen LogP contribution in [0.15, 0.2) is 79.1 Å². The number of rotatable bonds is 8. The lowest BCUT2D eigenvalue weighted by Crippen LogP contribution is -2.27. The maximum absolute atomic E-state index is 12.3. The fourth-order valence-corrected chi connectivity index (χ4v) is 3.36. The van der Waals surface area contributed by atoms with E-state index in [1.807, 2.05) is 90.4 Å². The zero-order valence-electron chi connectivity index (χ0n) is 17.0. The van der Waals surface area contributed by atoms with Crippen LogP contribution >= 0.6 is 0 Å². The first-order valence-corrected chi connectivity index (χ1v) is 10.1. The predicted molar refractivity (Wildman–Crippen MR) is 118 cm³/mol. The maximum Gasteiger partial charge on any atom is 0.226 e. The number of imidazole rings is 1. The van der Waals surface area contributed by atoms with E-state index in [0.29, 0.717) is 13.2 Å². The minimum absolute atomic E-state index is 0.0149. The van der Waals surface area contributed by atoms with Crippen LogP contribution in [0.2, 0.25) is 0 Å². The van der Waals surface area contributed by atoms with Crippen molar-refractivity contribution in [3.8, 4) is 5.75 Å². The Kier molecular flexibility index (Phi) is 6.09. The van der Waals surface area contributed by atoms with Gasteiger partial charge in [0.2, 0.25) is 5.91 Å². The summed E-state index contributed by atoms with van der Waals surface area (Å²) in [4.78, 5) is 16.8. The van der Waals surface area contributed by atoms with Crippen LogP contribution in [-0.2, 0) is 24.2 Å². The lowest BCUT2D eigenvalue weighted by atomic mass is 10.1. The van der Waals surface area contributed by atoms with Crippen molar-refractivity contribution in [2.45, 2.75) is 26.4 Å². The van der Waals surface area contributed by atoms with Gasteiger partial charge in [-0.3, -0.25) is 4.79 Å². The Bertz CT molecular complexity index is 1120. The molecular weight excluding hydrogens is 374 g/mol. The Hall–Kier alpha value is -3.60. The summed E-state index contributed by atoms with van der Waals surface area (Å²) >= 11 is 0. The molecule has 152 valence electrons. The van der Waals surface area contributed by atoms with Gasteiger partial charge in [-0.25, -0.2) is 4.98 Å². The van der Waals surface area contributed by atoms with Crippen LogP contribution in [0.4, 0.5) is 0 Å². The molecule has 5 nitrogen and oxygen atoms in total. The van der Waals surface area contributed by atoms with Gasteiger partial charge in [-0.05, 0) is 48.2 Å². The number of aryl methyl sites for hydroxylation is 1. The number of hydrogen-bond donors (Lipinski definition) is 1. The van der Waals surface area contributed by atoms with Gasteiger partial charge in [0.25, 0.3) is 0 Å². The molecule has 0 fully saturated rings. The van der Waals surface area contributed by atoms with Crippen LogP contribution in [0.1, 0.15) is 22.4 Å². The van der Waals surface area contributed by atoms with Gasteiger partial charge >= 0.3 is 0 Å². The summed E-state index contributed by atoms with van der Waals surface area (Å²) < 4.78 is 7.77. The first-order valence-electron chi connectivity index (χ1n) is 10.1. The highest BCUT2D eigenvalue weighted by atomic mass is 16.5. The molecule has 0 aliphatic heterocycles. The Balaban J connectivity index is 1.22. The summed E-state index contributed by atoms with van der Waals surface area (Å²) in [5.74, 6) is 0.827. The maximum atomic E-state index is 12.3. The van der Waals surface area contributed by atoms with Crippen LogP contribution in [-0.4, -0.2) is 21.8 Å². The molecule has 0 radical (unpaired) electrons. The summed E-state index contributed by atoms with van der Waals surface area (Å²) in [6, 6.07) is 22.1. The lowest BCUT2D eigenvalue weighted by Gasteiger charge is -2.08. The highest BCUT2D eigenvalue weighted by molar-refractivity contribution is 5.78. The fourth-order valence-electron chi connectivity index (χ4n) is 3.36. The van der Waals surface area contributed by atoms with Gasteiger partial charge in [0.15, 0.2) is 0 Å². The molecule has 2 heterocycles. The topological polar surface area (TPSA) is 55.6 Å². The monoisotopic (exact) mass is 399 g/mol. The molecule has 0 atom stereocenters. The molecule has 0 aliphatic rings. The minimum Gasteiger partial charge on any atom is -0.489 e. The number of aromatic nitrogens is 2. The summed E-state index contributed by atoms with van der Waals surface area (Å²) in [7, 11) is 0. The second-order valence-corrected chi connectivity index (χ2v) is 7.35. The molecule has 0 unspecified atom stereocenters. The number of nitrogens with one attached hydrogen (secondary N) is 1. The molecule has 0 bridgehead atoms. The van der Waals surface area contributed by atoms with Crippen molar-refractivity contribution in [1.29, 1.82) is 0 Å². The Morgan fingerprint density at radius 1 is 1.00 bits per heavy atom. The SMILES string of the molecule is Cc1cccn2cc(CC(=O)NCCc3ccc(OCc4ccccc4)cc3)nc12. The van der Waals surface area contributed by atoms with Gasteiger partial charge in [0.1, 0.15) is 18.0 Å². The molecule has 4 rings (SSSR count). The van der Waals surface area contributed by atoms with Crippen molar-refractivity contribution in [3.63, 3.8) is 0 Å². The highest BCUT2D eigenvalue weighted by Gasteiger charge is 2.08. The zero-order chi connectivity index (χ0) is 20.8. The van der Waals surface area contributed by atoms with Crippen molar-refractivity contribution in [2.75, 3.05) is 6.54 Å². The van der Waals surface area contributed by atoms with Crippen molar-refractivity contribution in [2.24, 2.45) is 0 Å². The largest absolute Gasteiger partial charge is 0.489 e. The summed E-state index contributed by atoms with van der Waals surface area (Å²) in [5, 5.41) is 2.98. The van der Waals surface area contributed by atoms with E-state index in [1.54, 1.807) is 0 Å². The van der Waals surface area contributed by atoms with E-state index in [-0.39, 0.29) is 12.3 Å². The second-order valence-electron chi connectivity index (χ2n) is 7.35. The normalized spacial score (nSPS) is 10.8. The van der Waals surface area contributed by atoms with Crippen molar-refractivity contribution in [1.82, 2.24) is 14.7 Å². The van der Waals surface area contributed by atoms with Crippen molar-refractivity contribution < 1.29 is 9.53 Å². The smallest absolute Gasteiger partial charge is 0.226 e. The molecule has 1 N–H and O–H groups in total. The third-order valence-electron chi connectivity index (χ3n) is 4.98. The molecule has 0 spiro atoms. The number of amides is 1. The van der Waals surface area contributed by atoms with Crippen LogP contribution in [0.5, 0.6) is 5.75 Å². The van der Waals surface area contributed by atoms with Gasteiger partial charge in [0.05, 0.1) is 12.1 Å². The van der Waals surface area contributed by atoms with E-state index in [0.717, 1.165) is 40.2 Å². The van der Waals surface area contributed by atoms with Gasteiger partial charge in [0, 0.05) is 18.9 Å². The second kappa shape index (κ2) is 9.27. The van der Waals surface area contributed by atoms with Crippen molar-refractivity contribution >= 4 is 11.6 Å². The van der Waals surface area contributed by atoms with Crippen LogP contribution in [0.25, 0.3) is 5.65 Å². The van der Waals surface area contributed by atoms with Gasteiger partial charge in [-0.2, -0.15) is 0 Å². The molecular formula is C25H25N3O2. The Morgan fingerprint density at radius 3 is 2.57 bits per heavy atom. The number of nitrogens with zero attached hydrogens (tertiary/aromatic N) is 2. The number of carbonyl (C=O) groups is 1. The molecule has 4 aromatic rings. The van der Waals surface area contributed by atoms with Crippen LogP contribution < -0.4 is 10.1 Å². The number of hydrogen-bond acceptors (Lipinski definition) is 3. The Labute approximate surface area is 176 Å². The number of pyridine rings is 1. The zero-order valence-corrected chi connectivity index (χ0v) is 17.0. The molecule has 0 aliphatic carbocycles. The molecule has 2 aromatic heterocycles. The van der Waals surface area contributed by atoms with E-state index < -0.39 is 0 Å². The first-order chi connectivity index (χ1) is 14.7.